The van der Waals surface area contributed by atoms with E-state index < -0.39 is 0 Å². The Balaban J connectivity index is 0.838. The van der Waals surface area contributed by atoms with Crippen LogP contribution in [0.25, 0.3) is 11.1 Å². The second kappa shape index (κ2) is 22.7. The third-order valence-corrected chi connectivity index (χ3v) is 21.1. The number of hydrogen-bond acceptors (Lipinski definition) is 8. The van der Waals surface area contributed by atoms with Gasteiger partial charge in [0.1, 0.15) is 34.5 Å². The van der Waals surface area contributed by atoms with Gasteiger partial charge in [0.25, 0.3) is 20.1 Å². The first-order valence-electron chi connectivity index (χ1n) is 34.7. The quantitative estimate of drug-likeness (QED) is 0.126. The second-order valence-corrected chi connectivity index (χ2v) is 26.6. The minimum Gasteiger partial charge on any atom is -0.459 e. The average Bonchev–Trinajstić information content (AvgIpc) is 0.679. The number of nitrogens with zero attached hydrogens (tertiary/aromatic N) is 5. The molecule has 11 heteroatoms. The van der Waals surface area contributed by atoms with Gasteiger partial charge >= 0.3 is 0 Å². The molecule has 0 spiro atoms. The van der Waals surface area contributed by atoms with Crippen molar-refractivity contribution in [2.45, 2.75) is 0 Å². The summed E-state index contributed by atoms with van der Waals surface area (Å²) in [5.41, 5.74) is 27.5. The van der Waals surface area contributed by atoms with Crippen LogP contribution in [0.4, 0.5) is 85.3 Å². The van der Waals surface area contributed by atoms with E-state index in [9.17, 15) is 0 Å². The van der Waals surface area contributed by atoms with Gasteiger partial charge in [-0.05, 0) is 158 Å². The largest absolute Gasteiger partial charge is 0.459 e. The molecule has 0 aliphatic carbocycles. The SMILES string of the molecule is c1ccc(-c2ccccc2N2c3cc4c(cc3B3c5ccccc5Oc5c6c(cc2c53)Oc2cc(N(c3ccccc3)c3ccccc3)cc3c2B6c2ccccc2N3c2ccccc2)B2c3ccccc3N(c3ccccc3)c3cc(N(c5ccccc5)c5ccccc5)cc(c32)O4)cc1. The van der Waals surface area contributed by atoms with Gasteiger partial charge in [0.2, 0.25) is 0 Å². The van der Waals surface area contributed by atoms with E-state index in [0.29, 0.717) is 0 Å². The molecule has 0 aromatic heterocycles. The Labute approximate surface area is 587 Å². The van der Waals surface area contributed by atoms with Crippen LogP contribution in [-0.2, 0) is 0 Å². The molecule has 0 saturated heterocycles. The lowest BCUT2D eigenvalue weighted by Crippen LogP contribution is -2.65. The summed E-state index contributed by atoms with van der Waals surface area (Å²) < 4.78 is 23.5. The van der Waals surface area contributed by atoms with Gasteiger partial charge in [-0.2, -0.15) is 0 Å². The Morgan fingerprint density at radius 1 is 0.218 bits per heavy atom. The number of hydrogen-bond donors (Lipinski definition) is 0. The fourth-order valence-corrected chi connectivity index (χ4v) is 17.0. The maximum Gasteiger partial charge on any atom is 0.261 e. The van der Waals surface area contributed by atoms with Crippen LogP contribution < -0.4 is 87.9 Å². The molecule has 0 N–H and O–H groups in total. The Morgan fingerprint density at radius 3 is 1.16 bits per heavy atom. The lowest BCUT2D eigenvalue weighted by atomic mass is 9.29. The molecule has 6 aliphatic heterocycles. The molecule has 101 heavy (non-hydrogen) atoms. The summed E-state index contributed by atoms with van der Waals surface area (Å²) in [5, 5.41) is 0. The standard InChI is InChI=1S/C90H58B3N5O3/c1-8-30-59(31-9-1)68-44-22-26-48-74(68)98-77-57-82-73(91-69-45-23-27-49-75(69)96(64-40-18-6-19-41-64)78-52-66(54-83(99-82)86(78)91)94(60-32-10-2-11-33-60)61-34-12-3-13-35-61)56-72(77)92-71-47-25-29-51-81(71)101-90-88(92)80(98)58-85-89(90)93-70-46-24-28-50-76(70)97(65-42-20-7-21-43-65)79-53-67(55-84(100-85)87(79)93)95(62-36-14-4-15-37-62)63-38-16-5-17-39-63/h1-58H. The molecule has 0 saturated carbocycles. The summed E-state index contributed by atoms with van der Waals surface area (Å²) in [4.78, 5) is 12.0. The third-order valence-electron chi connectivity index (χ3n) is 21.1. The zero-order valence-electron chi connectivity index (χ0n) is 54.7. The molecule has 15 aromatic carbocycles. The molecule has 0 radical (unpaired) electrons. The second-order valence-electron chi connectivity index (χ2n) is 26.6. The van der Waals surface area contributed by atoms with Crippen LogP contribution in [0.1, 0.15) is 0 Å². The molecule has 0 amide bonds. The van der Waals surface area contributed by atoms with Crippen LogP contribution in [0, 0.1) is 0 Å². The first kappa shape index (κ1) is 57.0. The Hall–Kier alpha value is -13.1. The monoisotopic (exact) mass is 1290 g/mol. The highest BCUT2D eigenvalue weighted by Crippen LogP contribution is 2.53. The van der Waals surface area contributed by atoms with Gasteiger partial charge in [0, 0.05) is 104 Å². The molecule has 6 heterocycles. The highest BCUT2D eigenvalue weighted by molar-refractivity contribution is 7.04. The summed E-state index contributed by atoms with van der Waals surface area (Å²) in [6, 6.07) is 127. The van der Waals surface area contributed by atoms with E-state index in [1.165, 1.54) is 5.46 Å². The summed E-state index contributed by atoms with van der Waals surface area (Å²) >= 11 is 0. The zero-order valence-corrected chi connectivity index (χ0v) is 54.7. The van der Waals surface area contributed by atoms with Crippen molar-refractivity contribution in [2.24, 2.45) is 0 Å². The first-order valence-corrected chi connectivity index (χ1v) is 34.7. The van der Waals surface area contributed by atoms with E-state index in [1.54, 1.807) is 0 Å². The van der Waals surface area contributed by atoms with Crippen LogP contribution in [0.3, 0.4) is 0 Å². The van der Waals surface area contributed by atoms with E-state index in [1.807, 2.05) is 0 Å². The minimum atomic E-state index is -0.323. The molecular formula is C90H58B3N5O3. The molecular weight excluding hydrogens is 1230 g/mol. The van der Waals surface area contributed by atoms with Crippen LogP contribution in [0.2, 0.25) is 0 Å². The molecule has 15 aromatic rings. The Morgan fingerprint density at radius 2 is 0.614 bits per heavy atom. The van der Waals surface area contributed by atoms with E-state index in [0.717, 1.165) is 175 Å². The molecule has 0 unspecified atom stereocenters. The van der Waals surface area contributed by atoms with E-state index in [2.05, 4.69) is 376 Å². The highest BCUT2D eigenvalue weighted by atomic mass is 16.5. The van der Waals surface area contributed by atoms with Crippen molar-refractivity contribution in [3.8, 4) is 45.6 Å². The average molecular weight is 1290 g/mol. The van der Waals surface area contributed by atoms with Crippen LogP contribution >= 0.6 is 0 Å². The predicted molar refractivity (Wildman–Crippen MR) is 419 cm³/mol. The predicted octanol–water partition coefficient (Wildman–Crippen LogP) is 17.5. The fraction of sp³-hybridized carbons (Fsp3) is 0. The van der Waals surface area contributed by atoms with Gasteiger partial charge in [-0.25, -0.2) is 0 Å². The summed E-state index contributed by atoms with van der Waals surface area (Å²) in [7, 11) is 0. The van der Waals surface area contributed by atoms with Crippen molar-refractivity contribution in [3.05, 3.63) is 352 Å². The van der Waals surface area contributed by atoms with Gasteiger partial charge in [0.05, 0.1) is 17.1 Å². The number of para-hydroxylation sites is 10. The zero-order chi connectivity index (χ0) is 66.2. The van der Waals surface area contributed by atoms with Crippen LogP contribution in [-0.4, -0.2) is 20.1 Å². The van der Waals surface area contributed by atoms with E-state index in [-0.39, 0.29) is 20.1 Å². The Kier molecular flexibility index (Phi) is 12.8. The number of anilines is 15. The molecule has 0 bridgehead atoms. The first-order chi connectivity index (χ1) is 50.1. The highest BCUT2D eigenvalue weighted by Gasteiger charge is 2.52. The summed E-state index contributed by atoms with van der Waals surface area (Å²) in [5.74, 6) is 4.69. The van der Waals surface area contributed by atoms with Gasteiger partial charge in [-0.15, -0.1) is 0 Å². The summed E-state index contributed by atoms with van der Waals surface area (Å²) in [6.07, 6.45) is 0. The molecule has 6 aliphatic rings. The lowest BCUT2D eigenvalue weighted by Gasteiger charge is -2.45. The van der Waals surface area contributed by atoms with Crippen molar-refractivity contribution in [3.63, 3.8) is 0 Å². The minimum absolute atomic E-state index is 0.232. The van der Waals surface area contributed by atoms with Gasteiger partial charge < -0.3 is 38.7 Å². The van der Waals surface area contributed by atoms with Crippen LogP contribution in [0.15, 0.2) is 352 Å². The normalized spacial score (nSPS) is 13.3. The van der Waals surface area contributed by atoms with E-state index in [4.69, 9.17) is 14.2 Å². The van der Waals surface area contributed by atoms with Crippen molar-refractivity contribution in [1.29, 1.82) is 0 Å². The summed E-state index contributed by atoms with van der Waals surface area (Å²) in [6.45, 7) is -0.863. The fourth-order valence-electron chi connectivity index (χ4n) is 17.0. The smallest absolute Gasteiger partial charge is 0.261 e. The van der Waals surface area contributed by atoms with Crippen molar-refractivity contribution in [2.75, 3.05) is 24.5 Å². The van der Waals surface area contributed by atoms with Crippen LogP contribution in [0.5, 0.6) is 34.5 Å². The lowest BCUT2D eigenvalue weighted by molar-refractivity contribution is 0.469. The van der Waals surface area contributed by atoms with Gasteiger partial charge in [0.15, 0.2) is 0 Å². The van der Waals surface area contributed by atoms with Gasteiger partial charge in [-0.3, -0.25) is 0 Å². The van der Waals surface area contributed by atoms with E-state index >= 15 is 0 Å². The van der Waals surface area contributed by atoms with Crippen molar-refractivity contribution in [1.82, 2.24) is 0 Å². The number of fused-ring (bicyclic) bond motifs is 13. The maximum absolute atomic E-state index is 7.88. The molecule has 0 atom stereocenters. The molecule has 21 rings (SSSR count). The molecule has 0 fully saturated rings. The number of ether oxygens (including phenoxy) is 3. The Bertz CT molecular complexity index is 5740. The maximum atomic E-state index is 7.88. The van der Waals surface area contributed by atoms with Crippen molar-refractivity contribution < 1.29 is 14.2 Å². The van der Waals surface area contributed by atoms with Gasteiger partial charge in [-0.1, -0.05) is 218 Å². The third kappa shape index (κ3) is 8.79. The topological polar surface area (TPSA) is 43.9 Å². The number of rotatable bonds is 10. The molecule has 470 valence electrons. The van der Waals surface area contributed by atoms with Crippen molar-refractivity contribution >= 4 is 155 Å². The molecule has 8 nitrogen and oxygen atoms in total. The number of benzene rings is 15.